The van der Waals surface area contributed by atoms with E-state index in [9.17, 15) is 21.6 Å². The van der Waals surface area contributed by atoms with Crippen molar-refractivity contribution in [1.82, 2.24) is 5.32 Å². The van der Waals surface area contributed by atoms with Crippen LogP contribution in [0.25, 0.3) is 0 Å². The van der Waals surface area contributed by atoms with Crippen molar-refractivity contribution in [2.24, 2.45) is 0 Å². The summed E-state index contributed by atoms with van der Waals surface area (Å²) in [5.41, 5.74) is 1.58. The Bertz CT molecular complexity index is 1270. The molecular weight excluding hydrogens is 456 g/mol. The molecule has 1 heterocycles. The SMILES string of the molecule is CC(NC(=O)c1ccc(N(C)S(=O)(=O)c2cccs2)cc1)c1ccc(S(C)(=O)=O)cc1. The van der Waals surface area contributed by atoms with Gasteiger partial charge in [-0.05, 0) is 60.3 Å². The van der Waals surface area contributed by atoms with E-state index in [4.69, 9.17) is 0 Å². The Hall–Kier alpha value is -2.69. The summed E-state index contributed by atoms with van der Waals surface area (Å²) in [6.45, 7) is 1.79. The molecule has 0 spiro atoms. The van der Waals surface area contributed by atoms with E-state index >= 15 is 0 Å². The second kappa shape index (κ2) is 8.81. The van der Waals surface area contributed by atoms with Crippen LogP contribution in [0.15, 0.2) is 75.1 Å². The third-order valence-electron chi connectivity index (χ3n) is 4.76. The van der Waals surface area contributed by atoms with Crippen molar-refractivity contribution in [1.29, 1.82) is 0 Å². The number of carbonyl (C=O) groups is 1. The van der Waals surface area contributed by atoms with Crippen LogP contribution in [-0.4, -0.2) is 36.0 Å². The lowest BCUT2D eigenvalue weighted by molar-refractivity contribution is 0.0940. The van der Waals surface area contributed by atoms with Gasteiger partial charge in [0.15, 0.2) is 9.84 Å². The van der Waals surface area contributed by atoms with Gasteiger partial charge >= 0.3 is 0 Å². The summed E-state index contributed by atoms with van der Waals surface area (Å²) in [7, 11) is -5.46. The first-order valence-electron chi connectivity index (χ1n) is 9.23. The highest BCUT2D eigenvalue weighted by atomic mass is 32.2. The van der Waals surface area contributed by atoms with Gasteiger partial charge in [0.25, 0.3) is 15.9 Å². The fourth-order valence-corrected chi connectivity index (χ4v) is 5.86. The quantitative estimate of drug-likeness (QED) is 0.560. The molecule has 0 saturated heterocycles. The Kier molecular flexibility index (Phi) is 6.54. The molecule has 0 radical (unpaired) electrons. The Morgan fingerprint density at radius 3 is 2.10 bits per heavy atom. The van der Waals surface area contributed by atoms with E-state index in [-0.39, 0.29) is 21.1 Å². The predicted molar refractivity (Wildman–Crippen MR) is 122 cm³/mol. The molecule has 1 aromatic heterocycles. The number of sulfonamides is 1. The highest BCUT2D eigenvalue weighted by Crippen LogP contribution is 2.25. The average Bonchev–Trinajstić information content (AvgIpc) is 3.28. The zero-order chi connectivity index (χ0) is 22.8. The zero-order valence-electron chi connectivity index (χ0n) is 17.1. The number of amides is 1. The first-order valence-corrected chi connectivity index (χ1v) is 13.4. The number of thiophene rings is 1. The van der Waals surface area contributed by atoms with E-state index in [1.165, 1.54) is 23.5 Å². The summed E-state index contributed by atoms with van der Waals surface area (Å²) < 4.78 is 49.8. The van der Waals surface area contributed by atoms with Crippen LogP contribution >= 0.6 is 11.3 Å². The first-order chi connectivity index (χ1) is 14.5. The number of rotatable bonds is 7. The smallest absolute Gasteiger partial charge is 0.273 e. The summed E-state index contributed by atoms with van der Waals surface area (Å²) in [4.78, 5) is 12.8. The number of anilines is 1. The lowest BCUT2D eigenvalue weighted by Gasteiger charge is -2.19. The molecule has 10 heteroatoms. The van der Waals surface area contributed by atoms with E-state index in [1.54, 1.807) is 60.8 Å². The van der Waals surface area contributed by atoms with Crippen LogP contribution in [0.4, 0.5) is 5.69 Å². The van der Waals surface area contributed by atoms with Crippen LogP contribution in [0.1, 0.15) is 28.9 Å². The van der Waals surface area contributed by atoms with Gasteiger partial charge in [-0.3, -0.25) is 9.10 Å². The van der Waals surface area contributed by atoms with Gasteiger partial charge in [-0.25, -0.2) is 16.8 Å². The highest BCUT2D eigenvalue weighted by molar-refractivity contribution is 7.94. The average molecular weight is 479 g/mol. The number of nitrogens with one attached hydrogen (secondary N) is 1. The number of hydrogen-bond donors (Lipinski definition) is 1. The van der Waals surface area contributed by atoms with Crippen LogP contribution in [0.5, 0.6) is 0 Å². The van der Waals surface area contributed by atoms with E-state index in [0.29, 0.717) is 11.3 Å². The largest absolute Gasteiger partial charge is 0.346 e. The van der Waals surface area contributed by atoms with E-state index in [0.717, 1.165) is 23.2 Å². The number of nitrogens with zero attached hydrogens (tertiary/aromatic N) is 1. The Balaban J connectivity index is 1.70. The van der Waals surface area contributed by atoms with Crippen LogP contribution in [0, 0.1) is 0 Å². The van der Waals surface area contributed by atoms with E-state index in [1.807, 2.05) is 0 Å². The molecule has 0 aliphatic rings. The summed E-state index contributed by atoms with van der Waals surface area (Å²) in [5, 5.41) is 4.55. The van der Waals surface area contributed by atoms with Gasteiger partial charge in [0.05, 0.1) is 16.6 Å². The van der Waals surface area contributed by atoms with Crippen molar-refractivity contribution in [2.75, 3.05) is 17.6 Å². The van der Waals surface area contributed by atoms with Gasteiger partial charge in [-0.15, -0.1) is 11.3 Å². The van der Waals surface area contributed by atoms with Gasteiger partial charge in [-0.1, -0.05) is 18.2 Å². The molecular formula is C21H22N2O5S3. The van der Waals surface area contributed by atoms with Crippen molar-refractivity contribution < 1.29 is 21.6 Å². The lowest BCUT2D eigenvalue weighted by atomic mass is 10.1. The maximum absolute atomic E-state index is 12.6. The fourth-order valence-electron chi connectivity index (χ4n) is 2.87. The van der Waals surface area contributed by atoms with Crippen LogP contribution in [-0.2, 0) is 19.9 Å². The molecule has 0 aliphatic heterocycles. The summed E-state index contributed by atoms with van der Waals surface area (Å²) in [6, 6.07) is 15.5. The molecule has 3 rings (SSSR count). The number of carbonyl (C=O) groups excluding carboxylic acids is 1. The lowest BCUT2D eigenvalue weighted by Crippen LogP contribution is -2.27. The second-order valence-corrected chi connectivity index (χ2v) is 12.1. The first kappa shape index (κ1) is 23.0. The molecule has 7 nitrogen and oxygen atoms in total. The van der Waals surface area contributed by atoms with Crippen LogP contribution in [0.2, 0.25) is 0 Å². The highest BCUT2D eigenvalue weighted by Gasteiger charge is 2.22. The standard InChI is InChI=1S/C21H22N2O5S3/c1-15(16-8-12-19(13-9-16)30(3,25)26)22-21(24)17-6-10-18(11-7-17)23(2)31(27,28)20-5-4-14-29-20/h4-15H,1-3H3,(H,22,24). The van der Waals surface area contributed by atoms with Crippen molar-refractivity contribution in [3.63, 3.8) is 0 Å². The van der Waals surface area contributed by atoms with Gasteiger partial charge in [-0.2, -0.15) is 0 Å². The van der Waals surface area contributed by atoms with Crippen molar-refractivity contribution >= 4 is 42.8 Å². The molecule has 2 aromatic carbocycles. The molecule has 0 saturated carbocycles. The molecule has 1 atom stereocenters. The molecule has 164 valence electrons. The van der Waals surface area contributed by atoms with E-state index in [2.05, 4.69) is 5.32 Å². The van der Waals surface area contributed by atoms with Crippen molar-refractivity contribution in [3.05, 3.63) is 77.2 Å². The second-order valence-electron chi connectivity index (χ2n) is 6.99. The van der Waals surface area contributed by atoms with E-state index < -0.39 is 19.9 Å². The maximum Gasteiger partial charge on any atom is 0.273 e. The molecule has 0 aliphatic carbocycles. The molecule has 1 amide bonds. The Morgan fingerprint density at radius 2 is 1.58 bits per heavy atom. The van der Waals surface area contributed by atoms with Gasteiger partial charge < -0.3 is 5.32 Å². The Labute approximate surface area is 186 Å². The molecule has 1 N–H and O–H groups in total. The third-order valence-corrected chi connectivity index (χ3v) is 9.05. The number of hydrogen-bond acceptors (Lipinski definition) is 6. The summed E-state index contributed by atoms with van der Waals surface area (Å²) in [6.07, 6.45) is 1.14. The van der Waals surface area contributed by atoms with Gasteiger partial charge in [0.1, 0.15) is 4.21 Å². The van der Waals surface area contributed by atoms with Gasteiger partial charge in [0, 0.05) is 18.9 Å². The Morgan fingerprint density at radius 1 is 0.968 bits per heavy atom. The number of sulfone groups is 1. The zero-order valence-corrected chi connectivity index (χ0v) is 19.6. The molecule has 0 fully saturated rings. The molecule has 1 unspecified atom stereocenters. The maximum atomic E-state index is 12.6. The van der Waals surface area contributed by atoms with Crippen LogP contribution in [0.3, 0.4) is 0 Å². The third kappa shape index (κ3) is 5.15. The monoisotopic (exact) mass is 478 g/mol. The molecule has 0 bridgehead atoms. The summed E-state index contributed by atoms with van der Waals surface area (Å²) >= 11 is 1.14. The van der Waals surface area contributed by atoms with Crippen molar-refractivity contribution in [3.8, 4) is 0 Å². The van der Waals surface area contributed by atoms with Crippen molar-refractivity contribution in [2.45, 2.75) is 22.1 Å². The minimum atomic E-state index is -3.64. The summed E-state index contributed by atoms with van der Waals surface area (Å²) in [5.74, 6) is -0.324. The topological polar surface area (TPSA) is 101 Å². The van der Waals surface area contributed by atoms with Gasteiger partial charge in [0.2, 0.25) is 0 Å². The predicted octanol–water partition coefficient (Wildman–Crippen LogP) is 3.47. The normalized spacial score (nSPS) is 12.9. The molecule has 31 heavy (non-hydrogen) atoms. The molecule has 3 aromatic rings. The number of benzene rings is 2. The minimum absolute atomic E-state index is 0.215. The fraction of sp³-hybridized carbons (Fsp3) is 0.190. The van der Waals surface area contributed by atoms with Crippen LogP contribution < -0.4 is 9.62 Å². The minimum Gasteiger partial charge on any atom is -0.346 e.